The maximum atomic E-state index is 11.8. The van der Waals surface area contributed by atoms with Crippen LogP contribution in [0.15, 0.2) is 18.7 Å². The maximum Gasteiger partial charge on any atom is 0.407 e. The lowest BCUT2D eigenvalue weighted by molar-refractivity contribution is 0.0514. The number of hydrogen-bond acceptors (Lipinski definition) is 5. The summed E-state index contributed by atoms with van der Waals surface area (Å²) in [6.07, 6.45) is 9.32. The molecule has 0 aromatic carbocycles. The Hall–Kier alpha value is -1.85. The predicted molar refractivity (Wildman–Crippen MR) is 85.6 cm³/mol. The van der Waals surface area contributed by atoms with Crippen LogP contribution in [0.1, 0.15) is 46.5 Å². The second-order valence-corrected chi connectivity index (χ2v) is 6.81. The van der Waals surface area contributed by atoms with Crippen molar-refractivity contribution in [1.29, 1.82) is 0 Å². The van der Waals surface area contributed by atoms with E-state index in [1.807, 2.05) is 20.8 Å². The van der Waals surface area contributed by atoms with E-state index in [1.54, 1.807) is 12.4 Å². The molecule has 2 unspecified atom stereocenters. The van der Waals surface area contributed by atoms with E-state index in [0.717, 1.165) is 18.5 Å². The van der Waals surface area contributed by atoms with Crippen molar-refractivity contribution >= 4 is 11.8 Å². The Labute approximate surface area is 132 Å². The van der Waals surface area contributed by atoms with Crippen molar-refractivity contribution in [3.8, 4) is 0 Å². The van der Waals surface area contributed by atoms with E-state index in [1.165, 1.54) is 19.2 Å². The largest absolute Gasteiger partial charge is 0.444 e. The molecule has 0 saturated heterocycles. The first kappa shape index (κ1) is 16.5. The van der Waals surface area contributed by atoms with Gasteiger partial charge in [-0.1, -0.05) is 12.8 Å². The number of anilines is 1. The summed E-state index contributed by atoms with van der Waals surface area (Å²) in [5.74, 6) is 0.390. The van der Waals surface area contributed by atoms with E-state index in [9.17, 15) is 4.79 Å². The van der Waals surface area contributed by atoms with Crippen molar-refractivity contribution in [2.24, 2.45) is 5.92 Å². The molecule has 1 saturated carbocycles. The van der Waals surface area contributed by atoms with E-state index in [-0.39, 0.29) is 6.09 Å². The molecule has 1 fully saturated rings. The summed E-state index contributed by atoms with van der Waals surface area (Å²) < 4.78 is 5.29. The normalized spacial score (nSPS) is 22.0. The summed E-state index contributed by atoms with van der Waals surface area (Å²) in [4.78, 5) is 19.8. The van der Waals surface area contributed by atoms with Crippen LogP contribution in [-0.4, -0.2) is 34.2 Å². The molecule has 22 heavy (non-hydrogen) atoms. The molecule has 2 N–H and O–H groups in total. The van der Waals surface area contributed by atoms with Crippen molar-refractivity contribution in [2.45, 2.75) is 58.1 Å². The summed E-state index contributed by atoms with van der Waals surface area (Å²) in [5.41, 5.74) is 0.465. The van der Waals surface area contributed by atoms with Crippen LogP contribution in [0.3, 0.4) is 0 Å². The smallest absolute Gasteiger partial charge is 0.407 e. The van der Waals surface area contributed by atoms with Gasteiger partial charge in [-0.15, -0.1) is 0 Å². The first-order chi connectivity index (χ1) is 10.4. The van der Waals surface area contributed by atoms with Gasteiger partial charge in [-0.05, 0) is 39.5 Å². The summed E-state index contributed by atoms with van der Waals surface area (Å²) in [6, 6.07) is 0.328. The van der Waals surface area contributed by atoms with Gasteiger partial charge in [0.15, 0.2) is 0 Å². The average molecular weight is 306 g/mol. The summed E-state index contributed by atoms with van der Waals surface area (Å²) in [6.45, 7) is 6.23. The monoisotopic (exact) mass is 306 g/mol. The van der Waals surface area contributed by atoms with Gasteiger partial charge >= 0.3 is 6.09 Å². The Kier molecular flexibility index (Phi) is 5.57. The number of aromatic nitrogens is 2. The van der Waals surface area contributed by atoms with Crippen LogP contribution in [0, 0.1) is 5.92 Å². The molecule has 2 rings (SSSR count). The van der Waals surface area contributed by atoms with Crippen LogP contribution in [0.25, 0.3) is 0 Å². The highest BCUT2D eigenvalue weighted by Crippen LogP contribution is 2.26. The van der Waals surface area contributed by atoms with Gasteiger partial charge in [-0.3, -0.25) is 0 Å². The van der Waals surface area contributed by atoms with Gasteiger partial charge in [-0.2, -0.15) is 0 Å². The number of nitrogens with zero attached hydrogens (tertiary/aromatic N) is 2. The summed E-state index contributed by atoms with van der Waals surface area (Å²) in [5, 5.41) is 6.38. The molecule has 0 radical (unpaired) electrons. The highest BCUT2D eigenvalue weighted by Gasteiger charge is 2.26. The number of hydrogen-bond donors (Lipinski definition) is 2. The zero-order valence-electron chi connectivity index (χ0n) is 13.6. The van der Waals surface area contributed by atoms with Crippen molar-refractivity contribution in [3.05, 3.63) is 18.7 Å². The van der Waals surface area contributed by atoms with Gasteiger partial charge in [0, 0.05) is 12.6 Å². The van der Waals surface area contributed by atoms with Crippen LogP contribution < -0.4 is 10.6 Å². The number of carbonyl (C=O) groups excluding carboxylic acids is 1. The average Bonchev–Trinajstić information content (AvgIpc) is 2.46. The number of carbonyl (C=O) groups is 1. The number of ether oxygens (including phenoxy) is 1. The molecule has 1 aromatic heterocycles. The van der Waals surface area contributed by atoms with Gasteiger partial charge in [-0.25, -0.2) is 14.8 Å². The molecule has 6 heteroatoms. The third kappa shape index (κ3) is 5.50. The Bertz CT molecular complexity index is 473. The van der Waals surface area contributed by atoms with Crippen molar-refractivity contribution in [3.63, 3.8) is 0 Å². The second-order valence-electron chi connectivity index (χ2n) is 6.81. The lowest BCUT2D eigenvalue weighted by Gasteiger charge is -2.33. The van der Waals surface area contributed by atoms with E-state index in [4.69, 9.17) is 4.74 Å². The van der Waals surface area contributed by atoms with E-state index in [0.29, 0.717) is 18.5 Å². The molecule has 1 aliphatic carbocycles. The molecule has 0 spiro atoms. The maximum absolute atomic E-state index is 11.8. The standard InChI is InChI=1S/C16H26N4O2/c1-16(2,3)22-15(21)19-8-12-6-4-5-7-14(12)20-13-9-17-11-18-10-13/h9-12,14,20H,4-8H2,1-3H3,(H,19,21). The number of amides is 1. The van der Waals surface area contributed by atoms with Crippen LogP contribution in [-0.2, 0) is 4.74 Å². The van der Waals surface area contributed by atoms with Gasteiger partial charge in [0.05, 0.1) is 18.1 Å². The fourth-order valence-electron chi connectivity index (χ4n) is 2.76. The fraction of sp³-hybridized carbons (Fsp3) is 0.688. The Morgan fingerprint density at radius 3 is 2.64 bits per heavy atom. The molecule has 1 aromatic rings. The summed E-state index contributed by atoms with van der Waals surface area (Å²) >= 11 is 0. The lowest BCUT2D eigenvalue weighted by Crippen LogP contribution is -2.42. The molecule has 1 aliphatic rings. The molecule has 122 valence electrons. The second kappa shape index (κ2) is 7.42. The number of rotatable bonds is 4. The third-order valence-electron chi connectivity index (χ3n) is 3.73. The minimum absolute atomic E-state index is 0.328. The van der Waals surface area contributed by atoms with Crippen molar-refractivity contribution < 1.29 is 9.53 Å². The quantitative estimate of drug-likeness (QED) is 0.894. The van der Waals surface area contributed by atoms with Crippen molar-refractivity contribution in [2.75, 3.05) is 11.9 Å². The highest BCUT2D eigenvalue weighted by atomic mass is 16.6. The minimum atomic E-state index is -0.463. The van der Waals surface area contributed by atoms with Crippen LogP contribution in [0.5, 0.6) is 0 Å². The van der Waals surface area contributed by atoms with E-state index < -0.39 is 5.60 Å². The van der Waals surface area contributed by atoms with Crippen LogP contribution in [0.2, 0.25) is 0 Å². The van der Waals surface area contributed by atoms with Crippen LogP contribution >= 0.6 is 0 Å². The van der Waals surface area contributed by atoms with E-state index in [2.05, 4.69) is 20.6 Å². The highest BCUT2D eigenvalue weighted by molar-refractivity contribution is 5.67. The SMILES string of the molecule is CC(C)(C)OC(=O)NCC1CCCCC1Nc1cncnc1. The first-order valence-corrected chi connectivity index (χ1v) is 7.92. The molecule has 0 aliphatic heterocycles. The molecule has 1 amide bonds. The molecule has 2 atom stereocenters. The topological polar surface area (TPSA) is 76.1 Å². The summed E-state index contributed by atoms with van der Waals surface area (Å²) in [7, 11) is 0. The van der Waals surface area contributed by atoms with Gasteiger partial charge in [0.25, 0.3) is 0 Å². The minimum Gasteiger partial charge on any atom is -0.444 e. The van der Waals surface area contributed by atoms with Crippen LogP contribution in [0.4, 0.5) is 10.5 Å². The molecule has 6 nitrogen and oxygen atoms in total. The third-order valence-corrected chi connectivity index (χ3v) is 3.73. The Morgan fingerprint density at radius 1 is 1.27 bits per heavy atom. The van der Waals surface area contributed by atoms with Gasteiger partial charge in [0.1, 0.15) is 11.9 Å². The van der Waals surface area contributed by atoms with Gasteiger partial charge < -0.3 is 15.4 Å². The number of alkyl carbamates (subject to hydrolysis) is 1. The molecule has 0 bridgehead atoms. The molecule has 1 heterocycles. The zero-order chi connectivity index (χ0) is 16.0. The fourth-order valence-corrected chi connectivity index (χ4v) is 2.76. The Balaban J connectivity index is 1.86. The molecular weight excluding hydrogens is 280 g/mol. The zero-order valence-corrected chi connectivity index (χ0v) is 13.6. The van der Waals surface area contributed by atoms with E-state index >= 15 is 0 Å². The van der Waals surface area contributed by atoms with Crippen molar-refractivity contribution in [1.82, 2.24) is 15.3 Å². The Morgan fingerprint density at radius 2 is 1.95 bits per heavy atom. The lowest BCUT2D eigenvalue weighted by atomic mass is 9.84. The molecular formula is C16H26N4O2. The first-order valence-electron chi connectivity index (χ1n) is 7.92. The number of nitrogens with one attached hydrogen (secondary N) is 2. The predicted octanol–water partition coefficient (Wildman–Crippen LogP) is 2.97. The van der Waals surface area contributed by atoms with Gasteiger partial charge in [0.2, 0.25) is 0 Å².